The first-order valence-corrected chi connectivity index (χ1v) is 11.7. The van der Waals surface area contributed by atoms with Gasteiger partial charge in [-0.2, -0.15) is 0 Å². The van der Waals surface area contributed by atoms with Crippen molar-refractivity contribution in [3.8, 4) is 23.7 Å². The molecular formula is C24H29FNO5P. The molecule has 6 nitrogen and oxygen atoms in total. The Morgan fingerprint density at radius 3 is 2.34 bits per heavy atom. The fourth-order valence-corrected chi connectivity index (χ4v) is 4.74. The second kappa shape index (κ2) is 11.4. The van der Waals surface area contributed by atoms with Gasteiger partial charge in [0.1, 0.15) is 11.9 Å². The molecule has 1 N–H and O–H groups in total. The number of benzene rings is 1. The van der Waals surface area contributed by atoms with E-state index in [0.717, 1.165) is 5.69 Å². The van der Waals surface area contributed by atoms with Gasteiger partial charge in [-0.15, -0.1) is 0 Å². The molecule has 32 heavy (non-hydrogen) atoms. The molecule has 3 atom stereocenters. The molecule has 1 aromatic carbocycles. The van der Waals surface area contributed by atoms with Gasteiger partial charge in [0.15, 0.2) is 0 Å². The van der Waals surface area contributed by atoms with E-state index < -0.39 is 38.0 Å². The number of aliphatic hydroxyl groups excluding tert-OH is 1. The number of pyridine rings is 1. The highest BCUT2D eigenvalue weighted by molar-refractivity contribution is 7.39. The quantitative estimate of drug-likeness (QED) is 0.315. The smallest absolute Gasteiger partial charge is 0.322 e. The Morgan fingerprint density at radius 1 is 1.22 bits per heavy atom. The third-order valence-corrected chi connectivity index (χ3v) is 6.68. The number of halogens is 1. The van der Waals surface area contributed by atoms with E-state index in [1.54, 1.807) is 18.2 Å². The van der Waals surface area contributed by atoms with E-state index in [0.29, 0.717) is 22.4 Å². The molecule has 0 saturated heterocycles. The predicted molar refractivity (Wildman–Crippen MR) is 122 cm³/mol. The first kappa shape index (κ1) is 25.7. The molecule has 1 heterocycles. The van der Waals surface area contributed by atoms with Crippen LogP contribution in [0, 0.1) is 18.3 Å². The molecule has 0 bridgehead atoms. The molecule has 1 aromatic heterocycles. The van der Waals surface area contributed by atoms with Crippen molar-refractivity contribution in [3.05, 3.63) is 53.1 Å². The van der Waals surface area contributed by atoms with Crippen molar-refractivity contribution in [2.45, 2.75) is 57.7 Å². The summed E-state index contributed by atoms with van der Waals surface area (Å²) in [5.74, 6) is -1.22. The van der Waals surface area contributed by atoms with E-state index in [-0.39, 0.29) is 11.8 Å². The third-order valence-electron chi connectivity index (χ3n) is 5.10. The van der Waals surface area contributed by atoms with E-state index in [2.05, 4.69) is 4.74 Å². The molecule has 3 unspecified atom stereocenters. The Bertz CT molecular complexity index is 1010. The lowest BCUT2D eigenvalue weighted by atomic mass is 9.88. The van der Waals surface area contributed by atoms with Gasteiger partial charge < -0.3 is 14.4 Å². The summed E-state index contributed by atoms with van der Waals surface area (Å²) in [6.07, 6.45) is 4.91. The first-order valence-electron chi connectivity index (χ1n) is 10.3. The van der Waals surface area contributed by atoms with Crippen molar-refractivity contribution in [1.82, 2.24) is 4.98 Å². The monoisotopic (exact) mass is 461 g/mol. The third kappa shape index (κ3) is 6.04. The zero-order valence-electron chi connectivity index (χ0n) is 18.9. The Kier molecular flexibility index (Phi) is 9.15. The van der Waals surface area contributed by atoms with Crippen LogP contribution in [0.5, 0.6) is 0 Å². The second-order valence-electron chi connectivity index (χ2n) is 8.07. The second-order valence-corrected chi connectivity index (χ2v) is 9.74. The van der Waals surface area contributed by atoms with Crippen molar-refractivity contribution in [2.24, 2.45) is 0 Å². The van der Waals surface area contributed by atoms with E-state index in [1.165, 1.54) is 19.2 Å². The lowest BCUT2D eigenvalue weighted by Crippen LogP contribution is -2.23. The molecule has 0 aliphatic carbocycles. The van der Waals surface area contributed by atoms with Crippen LogP contribution in [-0.4, -0.2) is 29.3 Å². The van der Waals surface area contributed by atoms with Crippen LogP contribution in [0.2, 0.25) is 0 Å². The average molecular weight is 461 g/mol. The fourth-order valence-electron chi connectivity index (χ4n) is 3.52. The highest BCUT2D eigenvalue weighted by atomic mass is 31.1. The summed E-state index contributed by atoms with van der Waals surface area (Å²) in [5, 5.41) is 10.9. The minimum atomic E-state index is -2.88. The van der Waals surface area contributed by atoms with E-state index in [9.17, 15) is 18.9 Å². The normalized spacial score (nSPS) is 14.1. The lowest BCUT2D eigenvalue weighted by Gasteiger charge is -2.28. The lowest BCUT2D eigenvalue weighted by molar-refractivity contribution is -0.139. The van der Waals surface area contributed by atoms with Crippen molar-refractivity contribution in [3.63, 3.8) is 0 Å². The predicted octanol–water partition coefficient (Wildman–Crippen LogP) is 5.18. The van der Waals surface area contributed by atoms with Crippen LogP contribution in [0.15, 0.2) is 30.3 Å². The topological polar surface area (TPSA) is 85.7 Å². The van der Waals surface area contributed by atoms with Crippen LogP contribution in [0.3, 0.4) is 0 Å². The number of esters is 1. The maximum atomic E-state index is 13.6. The molecule has 0 spiro atoms. The molecule has 8 heteroatoms. The molecule has 0 amide bonds. The molecule has 2 aromatic rings. The van der Waals surface area contributed by atoms with Crippen LogP contribution in [0.1, 0.15) is 68.6 Å². The molecule has 0 aliphatic rings. The summed E-state index contributed by atoms with van der Waals surface area (Å²) in [4.78, 5) is 16.7. The number of terminal acetylenes is 1. The molecule has 0 radical (unpaired) electrons. The molecule has 0 aliphatic heterocycles. The SMILES string of the molecule is C#COC(=O)CC(O)C(c1c(-c2ccc(F)cc2)cc(C(C)C)nc1C(C)C)[PH](=O)OC. The number of rotatable bonds is 9. The zero-order valence-corrected chi connectivity index (χ0v) is 19.9. The number of nitrogens with zero attached hydrogens (tertiary/aromatic N) is 1. The van der Waals surface area contributed by atoms with Crippen molar-refractivity contribution in [2.75, 3.05) is 7.11 Å². The van der Waals surface area contributed by atoms with Gasteiger partial charge in [0.25, 0.3) is 0 Å². The molecular weight excluding hydrogens is 432 g/mol. The number of aliphatic hydroxyl groups is 1. The van der Waals surface area contributed by atoms with Gasteiger partial charge in [0.05, 0.1) is 18.2 Å². The molecule has 172 valence electrons. The first-order chi connectivity index (χ1) is 15.1. The van der Waals surface area contributed by atoms with Gasteiger partial charge in [-0.25, -0.2) is 4.39 Å². The number of hydrogen-bond acceptors (Lipinski definition) is 6. The van der Waals surface area contributed by atoms with Crippen LogP contribution in [0.4, 0.5) is 4.39 Å². The van der Waals surface area contributed by atoms with Gasteiger partial charge in [0, 0.05) is 18.5 Å². The Balaban J connectivity index is 2.82. The maximum absolute atomic E-state index is 13.6. The van der Waals surface area contributed by atoms with Gasteiger partial charge in [0.2, 0.25) is 8.03 Å². The molecule has 2 rings (SSSR count). The molecule has 0 saturated carbocycles. The number of aromatic nitrogens is 1. The van der Waals surface area contributed by atoms with Gasteiger partial charge in [-0.3, -0.25) is 14.3 Å². The summed E-state index contributed by atoms with van der Waals surface area (Å²) >= 11 is 0. The standard InChI is InChI=1S/C24H29FNO5P/c1-7-31-21(28)13-20(27)24(32(29)30-6)22-18(16-8-10-17(25)11-9-16)12-19(14(2)3)26-23(22)15(4)5/h1,8-12,14-15,20,24,27,32H,13H2,2-6H3. The van der Waals surface area contributed by atoms with Gasteiger partial charge in [-0.1, -0.05) is 46.3 Å². The molecule has 0 fully saturated rings. The summed E-state index contributed by atoms with van der Waals surface area (Å²) in [7, 11) is -1.60. The Morgan fingerprint density at radius 2 is 1.84 bits per heavy atom. The minimum absolute atomic E-state index is 0.0918. The van der Waals surface area contributed by atoms with E-state index in [4.69, 9.17) is 15.9 Å². The summed E-state index contributed by atoms with van der Waals surface area (Å²) in [6.45, 7) is 7.87. The number of ether oxygens (including phenoxy) is 1. The number of carbonyl (C=O) groups is 1. The van der Waals surface area contributed by atoms with E-state index >= 15 is 0 Å². The van der Waals surface area contributed by atoms with Crippen molar-refractivity contribution in [1.29, 1.82) is 0 Å². The van der Waals surface area contributed by atoms with Crippen LogP contribution < -0.4 is 0 Å². The van der Waals surface area contributed by atoms with Gasteiger partial charge in [-0.05, 0) is 46.7 Å². The van der Waals surface area contributed by atoms with Crippen LogP contribution >= 0.6 is 8.03 Å². The summed E-state index contributed by atoms with van der Waals surface area (Å²) in [5.41, 5.74) is 2.19. The van der Waals surface area contributed by atoms with Crippen LogP contribution in [0.25, 0.3) is 11.1 Å². The fraction of sp³-hybridized carbons (Fsp3) is 0.417. The minimum Gasteiger partial charge on any atom is -0.391 e. The number of hydrogen-bond donors (Lipinski definition) is 1. The zero-order chi connectivity index (χ0) is 24.0. The maximum Gasteiger partial charge on any atom is 0.322 e. The largest absolute Gasteiger partial charge is 0.391 e. The average Bonchev–Trinajstić information content (AvgIpc) is 2.74. The van der Waals surface area contributed by atoms with Crippen LogP contribution in [-0.2, 0) is 18.6 Å². The number of carbonyl (C=O) groups excluding carboxylic acids is 1. The Labute approximate surface area is 189 Å². The Hall–Kier alpha value is -2.52. The van der Waals surface area contributed by atoms with Crippen molar-refractivity contribution < 1.29 is 28.1 Å². The highest BCUT2D eigenvalue weighted by Crippen LogP contribution is 2.50. The highest BCUT2D eigenvalue weighted by Gasteiger charge is 2.35. The van der Waals surface area contributed by atoms with E-state index in [1.807, 2.05) is 33.8 Å². The summed E-state index contributed by atoms with van der Waals surface area (Å²) < 4.78 is 36.3. The van der Waals surface area contributed by atoms with Gasteiger partial charge >= 0.3 is 5.97 Å². The van der Waals surface area contributed by atoms with Crippen molar-refractivity contribution >= 4 is 14.0 Å². The summed E-state index contributed by atoms with van der Waals surface area (Å²) in [6, 6.07) is 7.74.